The van der Waals surface area contributed by atoms with Crippen molar-refractivity contribution in [2.75, 3.05) is 0 Å². The van der Waals surface area contributed by atoms with Crippen LogP contribution in [0.4, 0.5) is 0 Å². The predicted octanol–water partition coefficient (Wildman–Crippen LogP) is 8.70. The molecular weight excluding hydrogens is 376 g/mol. The minimum atomic E-state index is 1.32. The highest BCUT2D eigenvalue weighted by Crippen LogP contribution is 2.27. The van der Waals surface area contributed by atoms with Crippen LogP contribution in [0.1, 0.15) is 31.3 Å². The van der Waals surface area contributed by atoms with E-state index in [1.165, 1.54) is 41.8 Å². The van der Waals surface area contributed by atoms with E-state index in [9.17, 15) is 0 Å². The van der Waals surface area contributed by atoms with Crippen molar-refractivity contribution in [1.29, 1.82) is 0 Å². The summed E-state index contributed by atoms with van der Waals surface area (Å²) >= 11 is 3.69. The van der Waals surface area contributed by atoms with Gasteiger partial charge in [-0.2, -0.15) is 0 Å². The first-order chi connectivity index (χ1) is 13.3. The minimum Gasteiger partial charge on any atom is -0.146 e. The zero-order valence-corrected chi connectivity index (χ0v) is 19.4. The maximum Gasteiger partial charge on any atom is 0.0345 e. The van der Waals surface area contributed by atoms with Crippen LogP contribution in [0.2, 0.25) is 0 Å². The number of thiophene rings is 2. The van der Waals surface area contributed by atoms with Gasteiger partial charge >= 0.3 is 0 Å². The lowest BCUT2D eigenvalue weighted by atomic mass is 10.1. The average Bonchev–Trinajstić information content (AvgIpc) is 3.27. The molecular formula is C26H30S2. The summed E-state index contributed by atoms with van der Waals surface area (Å²) in [4.78, 5) is 5.53. The van der Waals surface area contributed by atoms with E-state index >= 15 is 0 Å². The molecule has 2 heterocycles. The number of rotatable bonds is 1. The van der Waals surface area contributed by atoms with Gasteiger partial charge in [0, 0.05) is 19.5 Å². The lowest BCUT2D eigenvalue weighted by Gasteiger charge is -1.97. The normalized spacial score (nSPS) is 9.79. The number of hydrogen-bond acceptors (Lipinski definition) is 2. The Morgan fingerprint density at radius 2 is 0.750 bits per heavy atom. The zero-order chi connectivity index (χ0) is 20.5. The van der Waals surface area contributed by atoms with Crippen LogP contribution < -0.4 is 0 Å². The molecule has 4 rings (SSSR count). The Balaban J connectivity index is 0.000000161. The molecule has 146 valence electrons. The van der Waals surface area contributed by atoms with Gasteiger partial charge in [-0.25, -0.2) is 0 Å². The highest BCUT2D eigenvalue weighted by molar-refractivity contribution is 7.15. The van der Waals surface area contributed by atoms with Crippen molar-refractivity contribution in [3.8, 4) is 10.4 Å². The van der Waals surface area contributed by atoms with E-state index in [0.717, 1.165) is 0 Å². The Kier molecular flexibility index (Phi) is 8.69. The molecule has 0 aliphatic rings. The minimum absolute atomic E-state index is 1.32. The topological polar surface area (TPSA) is 0 Å². The Hall–Kier alpha value is -2.16. The van der Waals surface area contributed by atoms with Gasteiger partial charge in [-0.05, 0) is 71.4 Å². The molecule has 0 aliphatic carbocycles. The molecule has 0 bridgehead atoms. The van der Waals surface area contributed by atoms with Gasteiger partial charge < -0.3 is 0 Å². The van der Waals surface area contributed by atoms with E-state index in [1.54, 1.807) is 0 Å². The second-order valence-electron chi connectivity index (χ2n) is 7.09. The largest absolute Gasteiger partial charge is 0.146 e. The van der Waals surface area contributed by atoms with E-state index < -0.39 is 0 Å². The number of aryl methyl sites for hydroxylation is 6. The van der Waals surface area contributed by atoms with Crippen LogP contribution in [0.15, 0.2) is 72.8 Å². The van der Waals surface area contributed by atoms with Crippen molar-refractivity contribution in [2.24, 2.45) is 0 Å². The third kappa shape index (κ3) is 7.84. The molecule has 0 amide bonds. The van der Waals surface area contributed by atoms with Crippen LogP contribution >= 0.6 is 22.7 Å². The van der Waals surface area contributed by atoms with E-state index in [2.05, 4.69) is 114 Å². The summed E-state index contributed by atoms with van der Waals surface area (Å²) in [5.74, 6) is 0. The summed E-state index contributed by atoms with van der Waals surface area (Å²) in [6, 6.07) is 25.8. The fourth-order valence-electron chi connectivity index (χ4n) is 2.50. The molecule has 0 saturated heterocycles. The smallest absolute Gasteiger partial charge is 0.0345 e. The molecule has 0 aliphatic heterocycles. The second kappa shape index (κ2) is 11.0. The van der Waals surface area contributed by atoms with Crippen molar-refractivity contribution in [3.63, 3.8) is 0 Å². The first kappa shape index (κ1) is 22.1. The molecule has 0 unspecified atom stereocenters. The van der Waals surface area contributed by atoms with E-state index in [-0.39, 0.29) is 0 Å². The van der Waals surface area contributed by atoms with E-state index in [4.69, 9.17) is 0 Å². The maximum atomic E-state index is 2.19. The van der Waals surface area contributed by atoms with E-state index in [0.29, 0.717) is 0 Å². The third-order valence-corrected chi connectivity index (χ3v) is 6.14. The van der Waals surface area contributed by atoms with Crippen LogP contribution in [0.25, 0.3) is 10.4 Å². The van der Waals surface area contributed by atoms with Gasteiger partial charge in [0.1, 0.15) is 0 Å². The molecule has 28 heavy (non-hydrogen) atoms. The van der Waals surface area contributed by atoms with Gasteiger partial charge in [0.25, 0.3) is 0 Å². The Labute approximate surface area is 178 Å². The summed E-state index contributed by atoms with van der Waals surface area (Å²) in [5, 5.41) is 0. The van der Waals surface area contributed by atoms with Gasteiger partial charge in [0.15, 0.2) is 0 Å². The summed E-state index contributed by atoms with van der Waals surface area (Å²) in [6.45, 7) is 12.7. The fourth-order valence-corrected chi connectivity index (χ4v) is 4.15. The van der Waals surface area contributed by atoms with Gasteiger partial charge in [0.05, 0.1) is 0 Å². The first-order valence-corrected chi connectivity index (χ1v) is 11.2. The predicted molar refractivity (Wildman–Crippen MR) is 129 cm³/mol. The van der Waals surface area contributed by atoms with Crippen molar-refractivity contribution in [3.05, 3.63) is 104 Å². The third-order valence-electron chi connectivity index (χ3n) is 4.17. The van der Waals surface area contributed by atoms with Gasteiger partial charge in [-0.3, -0.25) is 0 Å². The molecule has 2 aromatic heterocycles. The van der Waals surface area contributed by atoms with Crippen molar-refractivity contribution < 1.29 is 0 Å². The first-order valence-electron chi connectivity index (χ1n) is 9.53. The van der Waals surface area contributed by atoms with Crippen molar-refractivity contribution >= 4 is 22.7 Å². The van der Waals surface area contributed by atoms with Crippen LogP contribution in [-0.4, -0.2) is 0 Å². The van der Waals surface area contributed by atoms with Crippen LogP contribution in [0.3, 0.4) is 0 Å². The monoisotopic (exact) mass is 406 g/mol. The molecule has 2 aromatic carbocycles. The maximum absolute atomic E-state index is 2.19. The molecule has 0 radical (unpaired) electrons. The summed E-state index contributed by atoms with van der Waals surface area (Å²) in [7, 11) is 0. The number of benzene rings is 2. The Bertz CT molecular complexity index is 917. The fraction of sp³-hybridized carbons (Fsp3) is 0.231. The average molecular weight is 407 g/mol. The molecule has 0 atom stereocenters. The summed E-state index contributed by atoms with van der Waals surface area (Å²) < 4.78 is 0. The van der Waals surface area contributed by atoms with Crippen LogP contribution in [-0.2, 0) is 0 Å². The van der Waals surface area contributed by atoms with Crippen LogP contribution in [0.5, 0.6) is 0 Å². The van der Waals surface area contributed by atoms with Crippen molar-refractivity contribution in [1.82, 2.24) is 0 Å². The van der Waals surface area contributed by atoms with E-state index in [1.807, 2.05) is 22.7 Å². The number of hydrogen-bond donors (Lipinski definition) is 0. The van der Waals surface area contributed by atoms with Gasteiger partial charge in [-0.1, -0.05) is 65.2 Å². The van der Waals surface area contributed by atoms with Crippen LogP contribution in [0, 0.1) is 41.5 Å². The SMILES string of the molecule is Cc1ccc(-c2ccc(C)s2)cc1.Cc1ccc(C)cc1.Cc1ccc(C)s1. The molecule has 0 saturated carbocycles. The second-order valence-corrected chi connectivity index (χ2v) is 9.87. The summed E-state index contributed by atoms with van der Waals surface area (Å²) in [6.07, 6.45) is 0. The zero-order valence-electron chi connectivity index (χ0n) is 17.7. The lowest BCUT2D eigenvalue weighted by Crippen LogP contribution is -1.72. The van der Waals surface area contributed by atoms with Gasteiger partial charge in [0.2, 0.25) is 0 Å². The summed E-state index contributed by atoms with van der Waals surface area (Å²) in [5.41, 5.74) is 5.30. The molecule has 0 fully saturated rings. The highest BCUT2D eigenvalue weighted by atomic mass is 32.1. The molecule has 0 nitrogen and oxygen atoms in total. The highest BCUT2D eigenvalue weighted by Gasteiger charge is 1.98. The Morgan fingerprint density at radius 1 is 0.393 bits per heavy atom. The van der Waals surface area contributed by atoms with Gasteiger partial charge in [-0.15, -0.1) is 22.7 Å². The quantitative estimate of drug-likeness (QED) is 0.296. The lowest BCUT2D eigenvalue weighted by molar-refractivity contribution is 1.40. The molecule has 2 heteroatoms. The molecule has 0 N–H and O–H groups in total. The molecule has 4 aromatic rings. The standard InChI is InChI=1S/C12H12S.C8H10.C6H8S/c1-9-3-6-11(7-4-9)12-8-5-10(2)13-12;1-7-3-5-8(2)6-4-7;1-5-3-4-6(2)7-5/h3-8H,1-2H3;3-6H,1-2H3;3-4H,1-2H3. The van der Waals surface area contributed by atoms with Crippen molar-refractivity contribution in [2.45, 2.75) is 41.5 Å². The molecule has 0 spiro atoms. The Morgan fingerprint density at radius 3 is 1.07 bits per heavy atom.